The van der Waals surface area contributed by atoms with Crippen molar-refractivity contribution in [3.05, 3.63) is 0 Å². The summed E-state index contributed by atoms with van der Waals surface area (Å²) in [6.45, 7) is 3.48. The fourth-order valence-electron chi connectivity index (χ4n) is 1.03. The smallest absolute Gasteiger partial charge is 0.245 e. The zero-order chi connectivity index (χ0) is 7.94. The summed E-state index contributed by atoms with van der Waals surface area (Å²) in [6, 6.07) is 0. The predicted octanol–water partition coefficient (Wildman–Crippen LogP) is -0.898. The van der Waals surface area contributed by atoms with Crippen molar-refractivity contribution in [2.75, 3.05) is 7.05 Å². The zero-order valence-corrected chi connectivity index (χ0v) is 6.38. The van der Waals surface area contributed by atoms with Gasteiger partial charge in [0.1, 0.15) is 0 Å². The molecule has 0 aromatic carbocycles. The van der Waals surface area contributed by atoms with Gasteiger partial charge >= 0.3 is 0 Å². The van der Waals surface area contributed by atoms with Gasteiger partial charge in [0.15, 0.2) is 6.35 Å². The van der Waals surface area contributed by atoms with Gasteiger partial charge in [-0.1, -0.05) is 0 Å². The number of hydrogen-bond acceptors (Lipinski definition) is 3. The van der Waals surface area contributed by atoms with Crippen molar-refractivity contribution in [1.29, 1.82) is 0 Å². The lowest BCUT2D eigenvalue weighted by Crippen LogP contribution is -2.41. The molecule has 0 radical (unpaired) electrons. The Hall–Kier alpha value is -0.610. The minimum Gasteiger partial charge on any atom is -0.361 e. The molecule has 1 amide bonds. The van der Waals surface area contributed by atoms with E-state index >= 15 is 0 Å². The molecule has 0 bridgehead atoms. The number of nitrogens with one attached hydrogen (secondary N) is 1. The second-order valence-electron chi connectivity index (χ2n) is 3.06. The molecule has 0 aromatic heterocycles. The second kappa shape index (κ2) is 1.93. The van der Waals surface area contributed by atoms with E-state index in [4.69, 9.17) is 5.11 Å². The van der Waals surface area contributed by atoms with E-state index in [2.05, 4.69) is 5.32 Å². The van der Waals surface area contributed by atoms with Crippen molar-refractivity contribution in [3.63, 3.8) is 0 Å². The molecule has 2 N–H and O–H groups in total. The van der Waals surface area contributed by atoms with Gasteiger partial charge in [-0.15, -0.1) is 0 Å². The lowest BCUT2D eigenvalue weighted by molar-refractivity contribution is -0.133. The molecule has 58 valence electrons. The van der Waals surface area contributed by atoms with E-state index in [-0.39, 0.29) is 5.91 Å². The van der Waals surface area contributed by atoms with Crippen molar-refractivity contribution < 1.29 is 9.90 Å². The minimum atomic E-state index is -0.831. The van der Waals surface area contributed by atoms with Gasteiger partial charge in [0.25, 0.3) is 0 Å². The van der Waals surface area contributed by atoms with Gasteiger partial charge < -0.3 is 10.0 Å². The Morgan fingerprint density at radius 2 is 2.20 bits per heavy atom. The molecule has 4 heteroatoms. The van der Waals surface area contributed by atoms with Crippen LogP contribution in [0.25, 0.3) is 0 Å². The van der Waals surface area contributed by atoms with Gasteiger partial charge in [-0.2, -0.15) is 0 Å². The van der Waals surface area contributed by atoms with Crippen molar-refractivity contribution in [3.8, 4) is 0 Å². The SMILES string of the molecule is CN1C(=O)C(C)(C)NC1O. The average Bonchev–Trinajstić information content (AvgIpc) is 1.95. The van der Waals surface area contributed by atoms with Crippen molar-refractivity contribution in [2.45, 2.75) is 25.7 Å². The number of amides is 1. The van der Waals surface area contributed by atoms with Crippen LogP contribution in [-0.4, -0.2) is 34.9 Å². The molecule has 10 heavy (non-hydrogen) atoms. The van der Waals surface area contributed by atoms with Crippen LogP contribution in [0.1, 0.15) is 13.8 Å². The highest BCUT2D eigenvalue weighted by Crippen LogP contribution is 2.15. The highest BCUT2D eigenvalue weighted by atomic mass is 16.3. The van der Waals surface area contributed by atoms with Crippen LogP contribution in [0.3, 0.4) is 0 Å². The number of rotatable bonds is 0. The zero-order valence-electron chi connectivity index (χ0n) is 6.38. The summed E-state index contributed by atoms with van der Waals surface area (Å²) in [5, 5.41) is 11.8. The van der Waals surface area contributed by atoms with Crippen molar-refractivity contribution in [2.24, 2.45) is 0 Å². The van der Waals surface area contributed by atoms with Crippen LogP contribution in [0, 0.1) is 0 Å². The molecular weight excluding hydrogens is 132 g/mol. The van der Waals surface area contributed by atoms with E-state index in [1.807, 2.05) is 0 Å². The summed E-state index contributed by atoms with van der Waals surface area (Å²) in [5.74, 6) is -0.0833. The lowest BCUT2D eigenvalue weighted by atomic mass is 10.1. The number of aliphatic hydroxyl groups excluding tert-OH is 1. The van der Waals surface area contributed by atoms with E-state index in [0.717, 1.165) is 0 Å². The van der Waals surface area contributed by atoms with Crippen LogP contribution >= 0.6 is 0 Å². The average molecular weight is 144 g/mol. The maximum absolute atomic E-state index is 11.1. The van der Waals surface area contributed by atoms with Gasteiger partial charge in [0, 0.05) is 7.05 Å². The number of carbonyl (C=O) groups excluding carboxylic acids is 1. The van der Waals surface area contributed by atoms with Crippen LogP contribution in [0.5, 0.6) is 0 Å². The third kappa shape index (κ3) is 0.892. The first-order valence-corrected chi connectivity index (χ1v) is 3.18. The molecule has 1 heterocycles. The quantitative estimate of drug-likeness (QED) is 0.463. The van der Waals surface area contributed by atoms with Crippen LogP contribution < -0.4 is 5.32 Å². The minimum absolute atomic E-state index is 0.0833. The number of carbonyl (C=O) groups is 1. The Bertz CT molecular complexity index is 167. The maximum atomic E-state index is 11.1. The molecule has 4 nitrogen and oxygen atoms in total. The third-order valence-corrected chi connectivity index (χ3v) is 1.71. The summed E-state index contributed by atoms with van der Waals surface area (Å²) in [6.07, 6.45) is -0.831. The normalized spacial score (nSPS) is 31.4. The summed E-state index contributed by atoms with van der Waals surface area (Å²) in [4.78, 5) is 12.4. The van der Waals surface area contributed by atoms with Crippen LogP contribution in [-0.2, 0) is 4.79 Å². The van der Waals surface area contributed by atoms with Crippen molar-refractivity contribution >= 4 is 5.91 Å². The highest BCUT2D eigenvalue weighted by Gasteiger charge is 2.41. The first-order chi connectivity index (χ1) is 4.45. The number of hydrogen-bond donors (Lipinski definition) is 2. The van der Waals surface area contributed by atoms with Gasteiger partial charge in [-0.25, -0.2) is 0 Å². The molecule has 0 spiro atoms. The molecule has 0 saturated carbocycles. The number of aliphatic hydroxyl groups is 1. The fraction of sp³-hybridized carbons (Fsp3) is 0.833. The molecule has 1 rings (SSSR count). The molecule has 0 aromatic rings. The molecule has 1 fully saturated rings. The summed E-state index contributed by atoms with van der Waals surface area (Å²) < 4.78 is 0. The van der Waals surface area contributed by atoms with E-state index in [9.17, 15) is 4.79 Å². The topological polar surface area (TPSA) is 52.6 Å². The first-order valence-electron chi connectivity index (χ1n) is 3.18. The number of nitrogens with zero attached hydrogens (tertiary/aromatic N) is 1. The molecule has 1 atom stereocenters. The summed E-state index contributed by atoms with van der Waals surface area (Å²) in [5.41, 5.74) is -0.617. The predicted molar refractivity (Wildman–Crippen MR) is 36.0 cm³/mol. The van der Waals surface area contributed by atoms with E-state index in [0.29, 0.717) is 0 Å². The molecule has 1 unspecified atom stereocenters. The van der Waals surface area contributed by atoms with Crippen LogP contribution in [0.4, 0.5) is 0 Å². The van der Waals surface area contributed by atoms with Crippen LogP contribution in [0.15, 0.2) is 0 Å². The Balaban J connectivity index is 2.82. The Morgan fingerprint density at radius 3 is 2.30 bits per heavy atom. The van der Waals surface area contributed by atoms with E-state index in [1.54, 1.807) is 20.9 Å². The van der Waals surface area contributed by atoms with E-state index in [1.165, 1.54) is 4.90 Å². The standard InChI is InChI=1S/C6H12N2O2/c1-6(2)4(9)8(3)5(10)7-6/h5,7,10H,1-3H3. The van der Waals surface area contributed by atoms with Crippen LogP contribution in [0.2, 0.25) is 0 Å². The molecule has 1 aliphatic rings. The van der Waals surface area contributed by atoms with Gasteiger partial charge in [0.05, 0.1) is 5.54 Å². The first kappa shape index (κ1) is 7.50. The lowest BCUT2D eigenvalue weighted by Gasteiger charge is -2.13. The largest absolute Gasteiger partial charge is 0.361 e. The Labute approximate surface area is 59.8 Å². The number of likely N-dealkylation sites (N-methyl/N-ethyl adjacent to an activating group) is 1. The monoisotopic (exact) mass is 144 g/mol. The third-order valence-electron chi connectivity index (χ3n) is 1.71. The summed E-state index contributed by atoms with van der Waals surface area (Å²) >= 11 is 0. The summed E-state index contributed by atoms with van der Waals surface area (Å²) in [7, 11) is 1.56. The fourth-order valence-corrected chi connectivity index (χ4v) is 1.03. The Morgan fingerprint density at radius 1 is 1.70 bits per heavy atom. The van der Waals surface area contributed by atoms with Crippen molar-refractivity contribution in [1.82, 2.24) is 10.2 Å². The Kier molecular flexibility index (Phi) is 1.45. The highest BCUT2D eigenvalue weighted by molar-refractivity contribution is 5.87. The maximum Gasteiger partial charge on any atom is 0.245 e. The van der Waals surface area contributed by atoms with E-state index < -0.39 is 11.9 Å². The molecular formula is C6H12N2O2. The molecule has 0 aliphatic carbocycles. The molecule has 1 saturated heterocycles. The van der Waals surface area contributed by atoms with Gasteiger partial charge in [0.2, 0.25) is 5.91 Å². The second-order valence-corrected chi connectivity index (χ2v) is 3.06. The van der Waals surface area contributed by atoms with Gasteiger partial charge in [-0.3, -0.25) is 10.1 Å². The molecule has 1 aliphatic heterocycles. The van der Waals surface area contributed by atoms with Gasteiger partial charge in [-0.05, 0) is 13.8 Å².